The highest BCUT2D eigenvalue weighted by Crippen LogP contribution is 2.20. The fraction of sp³-hybridized carbons (Fsp3) is 0.312. The van der Waals surface area contributed by atoms with E-state index in [1.807, 2.05) is 0 Å². The number of furan rings is 1. The number of aromatic nitrogens is 4. The second-order valence-electron chi connectivity index (χ2n) is 6.19. The maximum atomic E-state index is 12.6. The number of nitrogens with zero attached hydrogens (tertiary/aromatic N) is 5. The number of piperazine rings is 1. The molecule has 3 aromatic rings. The molecule has 1 aliphatic rings. The van der Waals surface area contributed by atoms with E-state index in [0.29, 0.717) is 24.5 Å². The molecule has 0 bridgehead atoms. The lowest BCUT2D eigenvalue weighted by atomic mass is 10.2. The summed E-state index contributed by atoms with van der Waals surface area (Å²) in [6.07, 6.45) is 4.33. The van der Waals surface area contributed by atoms with E-state index >= 15 is 0 Å². The molecule has 1 amide bonds. The predicted molar refractivity (Wildman–Crippen MR) is 94.2 cm³/mol. The first-order chi connectivity index (χ1) is 12.9. The monoisotopic (exact) mass is 390 g/mol. The van der Waals surface area contributed by atoms with Crippen molar-refractivity contribution < 1.29 is 17.6 Å². The van der Waals surface area contributed by atoms with Crippen molar-refractivity contribution in [3.63, 3.8) is 0 Å². The molecule has 0 atom stereocenters. The number of amides is 1. The molecule has 11 heteroatoms. The van der Waals surface area contributed by atoms with E-state index in [0.717, 1.165) is 0 Å². The van der Waals surface area contributed by atoms with Gasteiger partial charge in [-0.3, -0.25) is 14.6 Å². The van der Waals surface area contributed by atoms with E-state index in [-0.39, 0.29) is 29.6 Å². The van der Waals surface area contributed by atoms with Gasteiger partial charge in [0.25, 0.3) is 5.91 Å². The summed E-state index contributed by atoms with van der Waals surface area (Å²) < 4.78 is 33.3. The molecule has 0 unspecified atom stereocenters. The Balaban J connectivity index is 1.42. The Morgan fingerprint density at radius 3 is 2.67 bits per heavy atom. The number of rotatable bonds is 4. The lowest BCUT2D eigenvalue weighted by molar-refractivity contribution is 0.0692. The zero-order valence-corrected chi connectivity index (χ0v) is 15.4. The van der Waals surface area contributed by atoms with Crippen molar-refractivity contribution in [3.05, 3.63) is 42.5 Å². The summed E-state index contributed by atoms with van der Waals surface area (Å²) in [5.74, 6) is 0.344. The van der Waals surface area contributed by atoms with Crippen LogP contribution in [-0.4, -0.2) is 69.7 Å². The summed E-state index contributed by atoms with van der Waals surface area (Å²) in [5.41, 5.74) is 0.881. The van der Waals surface area contributed by atoms with Crippen LogP contribution in [0.5, 0.6) is 0 Å². The number of carbonyl (C=O) groups excluding carboxylic acids is 1. The van der Waals surface area contributed by atoms with Crippen LogP contribution in [0.25, 0.3) is 11.5 Å². The number of hydrogen-bond acceptors (Lipinski definition) is 6. The van der Waals surface area contributed by atoms with Crippen LogP contribution in [0.15, 0.2) is 46.2 Å². The van der Waals surface area contributed by atoms with Crippen molar-refractivity contribution in [1.29, 1.82) is 0 Å². The van der Waals surface area contributed by atoms with E-state index in [9.17, 15) is 13.2 Å². The third kappa shape index (κ3) is 3.26. The third-order valence-electron chi connectivity index (χ3n) is 4.43. The van der Waals surface area contributed by atoms with Crippen molar-refractivity contribution in [2.75, 3.05) is 26.2 Å². The van der Waals surface area contributed by atoms with Crippen molar-refractivity contribution in [1.82, 2.24) is 29.2 Å². The Hall–Kier alpha value is -2.92. The van der Waals surface area contributed by atoms with E-state index in [2.05, 4.69) is 15.3 Å². The molecule has 4 heterocycles. The molecule has 1 aliphatic heterocycles. The molecular formula is C16H18N6O4S. The van der Waals surface area contributed by atoms with Gasteiger partial charge < -0.3 is 9.32 Å². The molecule has 27 heavy (non-hydrogen) atoms. The summed E-state index contributed by atoms with van der Waals surface area (Å²) >= 11 is 0. The first kappa shape index (κ1) is 17.5. The van der Waals surface area contributed by atoms with Crippen LogP contribution in [0.2, 0.25) is 0 Å². The Bertz CT molecular complexity index is 1040. The smallest absolute Gasteiger partial charge is 0.274 e. The first-order valence-corrected chi connectivity index (χ1v) is 9.76. The van der Waals surface area contributed by atoms with Gasteiger partial charge in [-0.2, -0.15) is 14.5 Å². The molecule has 0 spiro atoms. The summed E-state index contributed by atoms with van der Waals surface area (Å²) in [6.45, 7) is 1.03. The van der Waals surface area contributed by atoms with Gasteiger partial charge >= 0.3 is 0 Å². The molecule has 142 valence electrons. The average molecular weight is 390 g/mol. The van der Waals surface area contributed by atoms with Crippen LogP contribution < -0.4 is 0 Å². The van der Waals surface area contributed by atoms with Crippen LogP contribution in [-0.2, 0) is 17.1 Å². The van der Waals surface area contributed by atoms with Crippen LogP contribution >= 0.6 is 0 Å². The number of aromatic amines is 1. The summed E-state index contributed by atoms with van der Waals surface area (Å²) in [6, 6.07) is 5.14. The predicted octanol–water partition coefficient (Wildman–Crippen LogP) is 0.550. The van der Waals surface area contributed by atoms with Crippen LogP contribution in [0.4, 0.5) is 0 Å². The largest absolute Gasteiger partial charge is 0.463 e. The van der Waals surface area contributed by atoms with Crippen LogP contribution in [0.3, 0.4) is 0 Å². The van der Waals surface area contributed by atoms with Gasteiger partial charge in [0.05, 0.1) is 12.5 Å². The molecule has 1 N–H and O–H groups in total. The minimum atomic E-state index is -3.60. The number of sulfonamides is 1. The Kier molecular flexibility index (Phi) is 4.32. The van der Waals surface area contributed by atoms with Crippen molar-refractivity contribution in [3.8, 4) is 11.5 Å². The fourth-order valence-corrected chi connectivity index (χ4v) is 4.37. The second kappa shape index (κ2) is 6.67. The van der Waals surface area contributed by atoms with Gasteiger partial charge in [0.15, 0.2) is 11.5 Å². The highest BCUT2D eigenvalue weighted by molar-refractivity contribution is 7.89. The number of H-pyrrole nitrogens is 1. The molecule has 0 saturated carbocycles. The van der Waals surface area contributed by atoms with E-state index in [1.165, 1.54) is 21.4 Å². The molecule has 0 aliphatic carbocycles. The van der Waals surface area contributed by atoms with E-state index < -0.39 is 10.0 Å². The van der Waals surface area contributed by atoms with E-state index in [1.54, 1.807) is 36.4 Å². The lowest BCUT2D eigenvalue weighted by Crippen LogP contribution is -2.50. The lowest BCUT2D eigenvalue weighted by Gasteiger charge is -2.33. The molecule has 1 fully saturated rings. The summed E-state index contributed by atoms with van der Waals surface area (Å²) in [4.78, 5) is 14.4. The standard InChI is InChI=1S/C16H18N6O4S/c1-20-11-12(10-17-20)27(24,25)22-6-4-21(5-7-22)16(23)14-9-13(18-19-14)15-3-2-8-26-15/h2-3,8-11H,4-7H2,1H3,(H,18,19). The normalized spacial score (nSPS) is 16.0. The molecule has 4 rings (SSSR count). The van der Waals surface area contributed by atoms with Gasteiger partial charge in [0, 0.05) is 45.5 Å². The Morgan fingerprint density at radius 2 is 2.04 bits per heavy atom. The Morgan fingerprint density at radius 1 is 1.26 bits per heavy atom. The topological polar surface area (TPSA) is 117 Å². The molecular weight excluding hydrogens is 372 g/mol. The molecule has 0 radical (unpaired) electrons. The molecule has 3 aromatic heterocycles. The first-order valence-electron chi connectivity index (χ1n) is 8.32. The van der Waals surface area contributed by atoms with Gasteiger partial charge in [-0.1, -0.05) is 0 Å². The molecule has 1 saturated heterocycles. The van der Waals surface area contributed by atoms with Gasteiger partial charge in [-0.25, -0.2) is 8.42 Å². The van der Waals surface area contributed by atoms with Gasteiger partial charge in [-0.15, -0.1) is 0 Å². The second-order valence-corrected chi connectivity index (χ2v) is 8.13. The fourth-order valence-electron chi connectivity index (χ4n) is 2.96. The minimum Gasteiger partial charge on any atom is -0.463 e. The SMILES string of the molecule is Cn1cc(S(=O)(=O)N2CCN(C(=O)c3cc(-c4ccco4)[nH]n3)CC2)cn1. The van der Waals surface area contributed by atoms with Crippen molar-refractivity contribution >= 4 is 15.9 Å². The maximum absolute atomic E-state index is 12.6. The van der Waals surface area contributed by atoms with Gasteiger partial charge in [0.1, 0.15) is 10.6 Å². The van der Waals surface area contributed by atoms with E-state index in [4.69, 9.17) is 4.42 Å². The average Bonchev–Trinajstić information content (AvgIpc) is 3.41. The Labute approximate surface area is 155 Å². The van der Waals surface area contributed by atoms with Crippen molar-refractivity contribution in [2.45, 2.75) is 4.90 Å². The van der Waals surface area contributed by atoms with Gasteiger partial charge in [0.2, 0.25) is 10.0 Å². The number of aryl methyl sites for hydroxylation is 1. The minimum absolute atomic E-state index is 0.153. The third-order valence-corrected chi connectivity index (χ3v) is 6.28. The number of nitrogens with one attached hydrogen (secondary N) is 1. The highest BCUT2D eigenvalue weighted by Gasteiger charge is 2.31. The summed E-state index contributed by atoms with van der Waals surface area (Å²) in [7, 11) is -1.94. The van der Waals surface area contributed by atoms with Crippen LogP contribution in [0.1, 0.15) is 10.5 Å². The zero-order valence-electron chi connectivity index (χ0n) is 14.6. The number of hydrogen-bond donors (Lipinski definition) is 1. The zero-order chi connectivity index (χ0) is 19.0. The maximum Gasteiger partial charge on any atom is 0.274 e. The quantitative estimate of drug-likeness (QED) is 0.695. The molecule has 10 nitrogen and oxygen atoms in total. The highest BCUT2D eigenvalue weighted by atomic mass is 32.2. The van der Waals surface area contributed by atoms with Gasteiger partial charge in [-0.05, 0) is 12.1 Å². The summed E-state index contributed by atoms with van der Waals surface area (Å²) in [5, 5.41) is 10.7. The molecule has 0 aromatic carbocycles. The van der Waals surface area contributed by atoms with Crippen LogP contribution in [0, 0.1) is 0 Å². The number of carbonyl (C=O) groups is 1. The van der Waals surface area contributed by atoms with Crippen molar-refractivity contribution in [2.24, 2.45) is 7.05 Å².